The predicted octanol–water partition coefficient (Wildman–Crippen LogP) is 0.942. The van der Waals surface area contributed by atoms with E-state index in [0.717, 1.165) is 18.4 Å². The molecule has 0 saturated carbocycles. The van der Waals surface area contributed by atoms with E-state index in [1.54, 1.807) is 7.05 Å². The summed E-state index contributed by atoms with van der Waals surface area (Å²) in [7, 11) is -1.71. The predicted molar refractivity (Wildman–Crippen MR) is 105 cm³/mol. The smallest absolute Gasteiger partial charge is 0.228 e. The number of carbonyl (C=O) groups is 1. The van der Waals surface area contributed by atoms with Gasteiger partial charge in [0.05, 0.1) is 11.7 Å². The molecular formula is C19H30N4O3S. The molecule has 7 nitrogen and oxygen atoms in total. The first-order valence-corrected chi connectivity index (χ1v) is 11.3. The molecule has 2 heterocycles. The summed E-state index contributed by atoms with van der Waals surface area (Å²) in [5.41, 5.74) is 6.93. The van der Waals surface area contributed by atoms with E-state index in [2.05, 4.69) is 10.9 Å². The lowest BCUT2D eigenvalue weighted by molar-refractivity contribution is -0.135. The number of hydrogen-bond donors (Lipinski definition) is 2. The third-order valence-electron chi connectivity index (χ3n) is 5.73. The quantitative estimate of drug-likeness (QED) is 0.777. The minimum absolute atomic E-state index is 0.0143. The molecule has 0 aromatic heterocycles. The molecule has 1 amide bonds. The molecule has 150 valence electrons. The first-order valence-electron chi connectivity index (χ1n) is 9.65. The van der Waals surface area contributed by atoms with E-state index in [-0.39, 0.29) is 29.7 Å². The van der Waals surface area contributed by atoms with Crippen LogP contribution in [-0.4, -0.2) is 62.3 Å². The fraction of sp³-hybridized carbons (Fsp3) is 0.632. The van der Waals surface area contributed by atoms with Crippen LogP contribution < -0.4 is 10.9 Å². The van der Waals surface area contributed by atoms with Gasteiger partial charge in [0, 0.05) is 38.8 Å². The SMILES string of the molecule is CC1NNCC1C(=O)N1CCCC(N(C)S(=O)(=O)Cc2ccccc2)CC1. The van der Waals surface area contributed by atoms with Gasteiger partial charge in [-0.05, 0) is 31.7 Å². The van der Waals surface area contributed by atoms with Crippen molar-refractivity contribution in [2.24, 2.45) is 5.92 Å². The number of likely N-dealkylation sites (tertiary alicyclic amines) is 1. The van der Waals surface area contributed by atoms with Crippen molar-refractivity contribution in [3.63, 3.8) is 0 Å². The lowest BCUT2D eigenvalue weighted by Gasteiger charge is -2.27. The van der Waals surface area contributed by atoms with E-state index < -0.39 is 10.0 Å². The standard InChI is InChI=1S/C19H30N4O3S/c1-15-18(13-20-21-15)19(24)23-11-6-9-17(10-12-23)22(2)27(25,26)14-16-7-4-3-5-8-16/h3-5,7-8,15,17-18,20-21H,6,9-14H2,1-2H3. The Morgan fingerprint density at radius 3 is 2.63 bits per heavy atom. The monoisotopic (exact) mass is 394 g/mol. The number of nitrogens with one attached hydrogen (secondary N) is 2. The largest absolute Gasteiger partial charge is 0.342 e. The van der Waals surface area contributed by atoms with Gasteiger partial charge in [-0.2, -0.15) is 0 Å². The third-order valence-corrected chi connectivity index (χ3v) is 7.60. The Bertz CT molecular complexity index is 741. The van der Waals surface area contributed by atoms with Crippen LogP contribution in [0.3, 0.4) is 0 Å². The van der Waals surface area contributed by atoms with Crippen molar-refractivity contribution in [3.8, 4) is 0 Å². The molecular weight excluding hydrogens is 364 g/mol. The van der Waals surface area contributed by atoms with Gasteiger partial charge in [0.25, 0.3) is 0 Å². The lowest BCUT2D eigenvalue weighted by atomic mass is 10.0. The maximum atomic E-state index is 12.8. The Morgan fingerprint density at radius 1 is 1.22 bits per heavy atom. The maximum absolute atomic E-state index is 12.8. The van der Waals surface area contributed by atoms with Gasteiger partial charge in [-0.25, -0.2) is 12.7 Å². The molecule has 0 aliphatic carbocycles. The molecule has 3 rings (SSSR count). The van der Waals surface area contributed by atoms with Crippen molar-refractivity contribution in [2.75, 3.05) is 26.7 Å². The number of hydrazine groups is 1. The minimum atomic E-state index is -3.38. The Labute approximate surface area is 162 Å². The van der Waals surface area contributed by atoms with Crippen LogP contribution in [0.1, 0.15) is 31.7 Å². The molecule has 8 heteroatoms. The Hall–Kier alpha value is -1.48. The average Bonchev–Trinajstić information content (AvgIpc) is 2.92. The topological polar surface area (TPSA) is 81.8 Å². The fourth-order valence-corrected chi connectivity index (χ4v) is 5.40. The van der Waals surface area contributed by atoms with Crippen molar-refractivity contribution in [2.45, 2.75) is 44.0 Å². The molecule has 0 spiro atoms. The second-order valence-electron chi connectivity index (χ2n) is 7.59. The van der Waals surface area contributed by atoms with E-state index in [0.29, 0.717) is 26.1 Å². The van der Waals surface area contributed by atoms with E-state index in [1.807, 2.05) is 42.2 Å². The van der Waals surface area contributed by atoms with Crippen LogP contribution in [0, 0.1) is 5.92 Å². The van der Waals surface area contributed by atoms with E-state index in [4.69, 9.17) is 0 Å². The summed E-state index contributed by atoms with van der Waals surface area (Å²) in [6, 6.07) is 9.32. The van der Waals surface area contributed by atoms with Gasteiger partial charge in [0.15, 0.2) is 0 Å². The van der Waals surface area contributed by atoms with Gasteiger partial charge in [0.2, 0.25) is 15.9 Å². The molecule has 2 N–H and O–H groups in total. The minimum Gasteiger partial charge on any atom is -0.342 e. The fourth-order valence-electron chi connectivity index (χ4n) is 3.92. The number of rotatable bonds is 5. The molecule has 2 aliphatic heterocycles. The van der Waals surface area contributed by atoms with Crippen LogP contribution in [0.4, 0.5) is 0 Å². The summed E-state index contributed by atoms with van der Waals surface area (Å²) in [6.07, 6.45) is 2.28. The summed E-state index contributed by atoms with van der Waals surface area (Å²) in [5, 5.41) is 0. The number of amides is 1. The Morgan fingerprint density at radius 2 is 1.96 bits per heavy atom. The molecule has 1 aromatic carbocycles. The summed E-state index contributed by atoms with van der Waals surface area (Å²) >= 11 is 0. The van der Waals surface area contributed by atoms with Crippen molar-refractivity contribution >= 4 is 15.9 Å². The first-order chi connectivity index (χ1) is 12.9. The van der Waals surface area contributed by atoms with Crippen molar-refractivity contribution in [1.29, 1.82) is 0 Å². The van der Waals surface area contributed by atoms with Crippen LogP contribution in [0.5, 0.6) is 0 Å². The molecule has 2 saturated heterocycles. The summed E-state index contributed by atoms with van der Waals surface area (Å²) in [4.78, 5) is 14.7. The van der Waals surface area contributed by atoms with E-state index in [1.165, 1.54) is 4.31 Å². The highest BCUT2D eigenvalue weighted by atomic mass is 32.2. The summed E-state index contributed by atoms with van der Waals surface area (Å²) in [6.45, 7) is 3.96. The molecule has 27 heavy (non-hydrogen) atoms. The number of hydrogen-bond acceptors (Lipinski definition) is 5. The molecule has 3 atom stereocenters. The van der Waals surface area contributed by atoms with Crippen LogP contribution in [-0.2, 0) is 20.6 Å². The van der Waals surface area contributed by atoms with Gasteiger partial charge in [-0.3, -0.25) is 15.6 Å². The van der Waals surface area contributed by atoms with Gasteiger partial charge < -0.3 is 4.90 Å². The van der Waals surface area contributed by atoms with Gasteiger partial charge in [-0.15, -0.1) is 0 Å². The number of sulfonamides is 1. The van der Waals surface area contributed by atoms with Crippen molar-refractivity contribution < 1.29 is 13.2 Å². The van der Waals surface area contributed by atoms with Crippen molar-refractivity contribution in [1.82, 2.24) is 20.1 Å². The highest BCUT2D eigenvalue weighted by Gasteiger charge is 2.35. The third kappa shape index (κ3) is 4.87. The van der Waals surface area contributed by atoms with Crippen LogP contribution in [0.25, 0.3) is 0 Å². The molecule has 0 radical (unpaired) electrons. The normalized spacial score (nSPS) is 26.9. The van der Waals surface area contributed by atoms with Crippen molar-refractivity contribution in [3.05, 3.63) is 35.9 Å². The zero-order valence-electron chi connectivity index (χ0n) is 16.1. The maximum Gasteiger partial charge on any atom is 0.228 e. The summed E-state index contributed by atoms with van der Waals surface area (Å²) < 4.78 is 27.1. The van der Waals surface area contributed by atoms with E-state index >= 15 is 0 Å². The van der Waals surface area contributed by atoms with Gasteiger partial charge in [0.1, 0.15) is 0 Å². The van der Waals surface area contributed by atoms with E-state index in [9.17, 15) is 13.2 Å². The molecule has 2 fully saturated rings. The highest BCUT2D eigenvalue weighted by molar-refractivity contribution is 7.88. The van der Waals surface area contributed by atoms with Gasteiger partial charge in [-0.1, -0.05) is 30.3 Å². The number of benzene rings is 1. The highest BCUT2D eigenvalue weighted by Crippen LogP contribution is 2.22. The summed E-state index contributed by atoms with van der Waals surface area (Å²) in [5.74, 6) is 0.122. The molecule has 3 unspecified atom stereocenters. The molecule has 0 bridgehead atoms. The second-order valence-corrected chi connectivity index (χ2v) is 9.62. The number of carbonyl (C=O) groups excluding carboxylic acids is 1. The Balaban J connectivity index is 1.60. The van der Waals surface area contributed by atoms with Crippen LogP contribution in [0.15, 0.2) is 30.3 Å². The van der Waals surface area contributed by atoms with Gasteiger partial charge >= 0.3 is 0 Å². The first kappa shape index (κ1) is 20.3. The zero-order valence-corrected chi connectivity index (χ0v) is 16.9. The lowest BCUT2D eigenvalue weighted by Crippen LogP contribution is -2.42. The zero-order chi connectivity index (χ0) is 19.4. The molecule has 2 aliphatic rings. The van der Waals surface area contributed by atoms with Crippen LogP contribution in [0.2, 0.25) is 0 Å². The average molecular weight is 395 g/mol. The second kappa shape index (κ2) is 8.68. The molecule has 1 aromatic rings. The number of nitrogens with zero attached hydrogens (tertiary/aromatic N) is 2. The van der Waals surface area contributed by atoms with Crippen LogP contribution >= 0.6 is 0 Å². The Kier molecular flexibility index (Phi) is 6.52.